The van der Waals surface area contributed by atoms with Crippen LogP contribution in [-0.2, 0) is 0 Å². The smallest absolute Gasteiger partial charge is 0.141 e. The monoisotopic (exact) mass is 474 g/mol. The summed E-state index contributed by atoms with van der Waals surface area (Å²) in [5.74, 6) is 0.295. The van der Waals surface area contributed by atoms with Gasteiger partial charge in [-0.3, -0.25) is 9.97 Å². The van der Waals surface area contributed by atoms with E-state index in [4.69, 9.17) is 7.85 Å². The van der Waals surface area contributed by atoms with E-state index in [9.17, 15) is 10.2 Å². The van der Waals surface area contributed by atoms with Crippen molar-refractivity contribution in [1.82, 2.24) is 9.97 Å². The highest BCUT2D eigenvalue weighted by Crippen LogP contribution is 2.47. The fraction of sp³-hybridized carbons (Fsp3) is 0. The minimum atomic E-state index is 0.146. The Labute approximate surface area is 213 Å². The van der Waals surface area contributed by atoms with Gasteiger partial charge in [0.05, 0.1) is 0 Å². The molecule has 0 saturated heterocycles. The standard InChI is InChI=1S/C32H19BN2O2/c33-18-9-10-23-26(17-18)30(22-12-14-28(37)32-25(22)8-4-16-35-32)20-6-2-1-5-19(20)29(23)21-11-13-27(36)31-24(21)7-3-15-34-31/h1-17,36-37H. The molecule has 4 nitrogen and oxygen atoms in total. The average Bonchev–Trinajstić information content (AvgIpc) is 2.93. The summed E-state index contributed by atoms with van der Waals surface area (Å²) < 4.78 is 0. The van der Waals surface area contributed by atoms with E-state index in [1.165, 1.54) is 0 Å². The molecule has 5 aromatic carbocycles. The number of aromatic hydroxyl groups is 2. The maximum atomic E-state index is 10.5. The molecule has 0 aliphatic rings. The first-order chi connectivity index (χ1) is 18.1. The Morgan fingerprint density at radius 1 is 0.486 bits per heavy atom. The number of phenols is 2. The lowest BCUT2D eigenvalue weighted by molar-refractivity contribution is 0.480. The number of hydrogen-bond donors (Lipinski definition) is 2. The van der Waals surface area contributed by atoms with Gasteiger partial charge in [0.15, 0.2) is 0 Å². The summed E-state index contributed by atoms with van der Waals surface area (Å²) in [7, 11) is 6.36. The minimum absolute atomic E-state index is 0.146. The molecule has 0 spiro atoms. The molecule has 2 N–H and O–H groups in total. The van der Waals surface area contributed by atoms with Crippen LogP contribution in [0.25, 0.3) is 65.6 Å². The number of hydrogen-bond acceptors (Lipinski definition) is 4. The van der Waals surface area contributed by atoms with Gasteiger partial charge in [-0.05, 0) is 80.2 Å². The fourth-order valence-electron chi connectivity index (χ4n) is 5.53. The predicted molar refractivity (Wildman–Crippen MR) is 152 cm³/mol. The van der Waals surface area contributed by atoms with Crippen LogP contribution in [0.5, 0.6) is 11.5 Å². The molecule has 0 saturated carbocycles. The van der Waals surface area contributed by atoms with Crippen molar-refractivity contribution in [2.24, 2.45) is 0 Å². The molecule has 7 aromatic rings. The van der Waals surface area contributed by atoms with Gasteiger partial charge in [0, 0.05) is 23.2 Å². The molecular weight excluding hydrogens is 455 g/mol. The highest BCUT2D eigenvalue weighted by atomic mass is 16.3. The third kappa shape index (κ3) is 3.17. The van der Waals surface area contributed by atoms with E-state index < -0.39 is 0 Å². The molecule has 5 heteroatoms. The Morgan fingerprint density at radius 2 is 0.973 bits per heavy atom. The van der Waals surface area contributed by atoms with Gasteiger partial charge < -0.3 is 10.2 Å². The number of benzene rings is 5. The van der Waals surface area contributed by atoms with E-state index in [0.29, 0.717) is 16.5 Å². The molecule has 172 valence electrons. The van der Waals surface area contributed by atoms with Crippen molar-refractivity contribution in [3.8, 4) is 33.8 Å². The molecule has 0 atom stereocenters. The largest absolute Gasteiger partial charge is 0.506 e. The third-order valence-electron chi connectivity index (χ3n) is 7.08. The summed E-state index contributed by atoms with van der Waals surface area (Å²) >= 11 is 0. The molecule has 0 aliphatic heterocycles. The van der Waals surface area contributed by atoms with E-state index in [0.717, 1.165) is 54.6 Å². The quantitative estimate of drug-likeness (QED) is 0.218. The molecule has 2 radical (unpaired) electrons. The Balaban J connectivity index is 1.71. The second kappa shape index (κ2) is 8.07. The lowest BCUT2D eigenvalue weighted by atomic mass is 9.82. The zero-order valence-corrected chi connectivity index (χ0v) is 19.7. The van der Waals surface area contributed by atoms with Crippen molar-refractivity contribution in [3.05, 3.63) is 103 Å². The molecular formula is C32H19BN2O2. The molecule has 0 unspecified atom stereocenters. The molecule has 0 amide bonds. The Kier molecular flexibility index (Phi) is 4.67. The maximum Gasteiger partial charge on any atom is 0.141 e. The van der Waals surface area contributed by atoms with E-state index >= 15 is 0 Å². The first-order valence-electron chi connectivity index (χ1n) is 12.0. The maximum absolute atomic E-state index is 10.5. The summed E-state index contributed by atoms with van der Waals surface area (Å²) in [6.45, 7) is 0. The van der Waals surface area contributed by atoms with Gasteiger partial charge in [0.2, 0.25) is 0 Å². The zero-order valence-electron chi connectivity index (χ0n) is 19.7. The molecule has 0 aliphatic carbocycles. The Bertz CT molecular complexity index is 2030. The number of aromatic nitrogens is 2. The molecule has 0 bridgehead atoms. The van der Waals surface area contributed by atoms with E-state index in [1.807, 2.05) is 60.7 Å². The van der Waals surface area contributed by atoms with Crippen LogP contribution in [0.4, 0.5) is 0 Å². The SMILES string of the molecule is [B]c1ccc2c(-c3ccc(O)c4ncccc34)c3ccccc3c(-c3ccc(O)c4ncccc34)c2c1. The molecule has 2 aromatic heterocycles. The minimum Gasteiger partial charge on any atom is -0.506 e. The van der Waals surface area contributed by atoms with Gasteiger partial charge in [-0.2, -0.15) is 0 Å². The van der Waals surface area contributed by atoms with Gasteiger partial charge in [-0.1, -0.05) is 60.1 Å². The fourth-order valence-corrected chi connectivity index (χ4v) is 5.53. The lowest BCUT2D eigenvalue weighted by Gasteiger charge is -2.20. The summed E-state index contributed by atoms with van der Waals surface area (Å²) in [5.41, 5.74) is 5.81. The van der Waals surface area contributed by atoms with Crippen LogP contribution in [0.1, 0.15) is 0 Å². The van der Waals surface area contributed by atoms with Gasteiger partial charge in [0.25, 0.3) is 0 Å². The van der Waals surface area contributed by atoms with Crippen LogP contribution in [0.2, 0.25) is 0 Å². The van der Waals surface area contributed by atoms with Crippen LogP contribution in [0, 0.1) is 0 Å². The second-order valence-electron chi connectivity index (χ2n) is 9.16. The van der Waals surface area contributed by atoms with Crippen LogP contribution in [0.3, 0.4) is 0 Å². The highest BCUT2D eigenvalue weighted by molar-refractivity contribution is 6.35. The first-order valence-corrected chi connectivity index (χ1v) is 12.0. The zero-order chi connectivity index (χ0) is 25.1. The number of nitrogens with zero attached hydrogens (tertiary/aromatic N) is 2. The molecule has 0 fully saturated rings. The summed E-state index contributed by atoms with van der Waals surface area (Å²) in [6, 6.07) is 29.4. The average molecular weight is 474 g/mol. The third-order valence-corrected chi connectivity index (χ3v) is 7.08. The van der Waals surface area contributed by atoms with Crippen molar-refractivity contribution in [3.63, 3.8) is 0 Å². The van der Waals surface area contributed by atoms with Gasteiger partial charge in [-0.15, -0.1) is 0 Å². The van der Waals surface area contributed by atoms with Crippen molar-refractivity contribution < 1.29 is 10.2 Å². The van der Waals surface area contributed by atoms with Crippen molar-refractivity contribution in [2.45, 2.75) is 0 Å². The molecule has 7 rings (SSSR count). The first kappa shape index (κ1) is 21.4. The number of fused-ring (bicyclic) bond motifs is 4. The van der Waals surface area contributed by atoms with Crippen molar-refractivity contribution >= 4 is 56.7 Å². The van der Waals surface area contributed by atoms with E-state index in [-0.39, 0.29) is 11.5 Å². The topological polar surface area (TPSA) is 66.2 Å². The van der Waals surface area contributed by atoms with Crippen LogP contribution in [-0.4, -0.2) is 28.0 Å². The molecule has 2 heterocycles. The molecule has 37 heavy (non-hydrogen) atoms. The van der Waals surface area contributed by atoms with Crippen LogP contribution >= 0.6 is 0 Å². The normalized spacial score (nSPS) is 11.6. The lowest BCUT2D eigenvalue weighted by Crippen LogP contribution is -2.02. The summed E-state index contributed by atoms with van der Waals surface area (Å²) in [5, 5.41) is 26.9. The number of rotatable bonds is 2. The van der Waals surface area contributed by atoms with E-state index in [1.54, 1.807) is 24.5 Å². The Morgan fingerprint density at radius 3 is 1.54 bits per heavy atom. The predicted octanol–water partition coefficient (Wildman–Crippen LogP) is 6.63. The van der Waals surface area contributed by atoms with Gasteiger partial charge >= 0.3 is 0 Å². The second-order valence-corrected chi connectivity index (χ2v) is 9.16. The summed E-state index contributed by atoms with van der Waals surface area (Å²) in [6.07, 6.45) is 3.38. The van der Waals surface area contributed by atoms with Gasteiger partial charge in [-0.25, -0.2) is 0 Å². The number of pyridine rings is 2. The summed E-state index contributed by atoms with van der Waals surface area (Å²) in [4.78, 5) is 8.89. The van der Waals surface area contributed by atoms with Crippen LogP contribution in [0.15, 0.2) is 103 Å². The van der Waals surface area contributed by atoms with Crippen molar-refractivity contribution in [2.75, 3.05) is 0 Å². The van der Waals surface area contributed by atoms with E-state index in [2.05, 4.69) is 28.2 Å². The number of phenolic OH excluding ortho intramolecular Hbond substituents is 2. The van der Waals surface area contributed by atoms with Gasteiger partial charge in [0.1, 0.15) is 30.4 Å². The highest BCUT2D eigenvalue weighted by Gasteiger charge is 2.20. The van der Waals surface area contributed by atoms with Crippen molar-refractivity contribution in [1.29, 1.82) is 0 Å². The Hall–Kier alpha value is -4.90. The van der Waals surface area contributed by atoms with Crippen LogP contribution < -0.4 is 5.46 Å².